The van der Waals surface area contributed by atoms with Crippen LogP contribution in [0.25, 0.3) is 0 Å². The summed E-state index contributed by atoms with van der Waals surface area (Å²) in [6.07, 6.45) is 0. The Morgan fingerprint density at radius 1 is 0.286 bits per heavy atom. The zero-order valence-electron chi connectivity index (χ0n) is 5.87. The molecule has 6 nitrogen and oxygen atoms in total. The first-order valence-electron chi connectivity index (χ1n) is 0.926. The molecule has 0 aliphatic carbocycles. The second-order valence-electron chi connectivity index (χ2n) is 0. The molecule has 14 heavy (non-hydrogen) atoms. The van der Waals surface area contributed by atoms with Crippen LogP contribution in [-0.2, 0) is 0 Å². The van der Waals surface area contributed by atoms with Crippen molar-refractivity contribution in [1.82, 2.24) is 0 Å². The average Bonchev–Trinajstić information content (AvgIpc) is 2.33. The van der Waals surface area contributed by atoms with Gasteiger partial charge in [-0.1, -0.05) is 0 Å². The Balaban J connectivity index is -0.00000000500. The van der Waals surface area contributed by atoms with Gasteiger partial charge in [0, 0.05) is 0 Å². The molecule has 84 valence electrons. The van der Waals surface area contributed by atoms with Gasteiger partial charge in [-0.25, -0.2) is 71.2 Å². The number of hydrogen-bond donors (Lipinski definition) is 0. The van der Waals surface area contributed by atoms with E-state index in [-0.39, 0.29) is 34.7 Å². The number of halogens is 6. The zero-order valence-corrected chi connectivity index (χ0v) is 12.7. The summed E-state index contributed by atoms with van der Waals surface area (Å²) >= 11 is 20.3. The fraction of sp³-hybridized carbons (Fsp3) is 0. The van der Waals surface area contributed by atoms with E-state index >= 15 is 0 Å². The maximum atomic E-state index is 7.72. The summed E-state index contributed by atoms with van der Waals surface area (Å²) in [5.74, 6) is 0. The van der Waals surface area contributed by atoms with Crippen LogP contribution in [0.5, 0.6) is 0 Å². The van der Waals surface area contributed by atoms with Gasteiger partial charge in [0.15, 0.2) is 0 Å². The molecule has 0 saturated carbocycles. The van der Waals surface area contributed by atoms with E-state index in [0.29, 0.717) is 0 Å². The van der Waals surface area contributed by atoms with Crippen molar-refractivity contribution in [2.75, 3.05) is 0 Å². The van der Waals surface area contributed by atoms with Crippen LogP contribution in [0.2, 0.25) is 0 Å². The Labute approximate surface area is 133 Å². The Morgan fingerprint density at radius 2 is 0.286 bits per heavy atom. The van der Waals surface area contributed by atoms with Crippen molar-refractivity contribution < 1.29 is 28.0 Å². The summed E-state index contributed by atoms with van der Waals surface area (Å²) in [5, 5.41) is 0. The summed E-state index contributed by atoms with van der Waals surface area (Å²) in [7, 11) is 0. The third-order valence-electron chi connectivity index (χ3n) is 0. The first-order chi connectivity index (χ1) is 6.00. The summed E-state index contributed by atoms with van der Waals surface area (Å²) in [4.78, 5) is 0. The Morgan fingerprint density at radius 3 is 0.286 bits per heavy atom. The average molecular weight is 363 g/mol. The maximum absolute atomic E-state index is 7.72. The smallest absolute Gasteiger partial charge is 0.769 e. The van der Waals surface area contributed by atoms with E-state index in [2.05, 4.69) is 71.2 Å². The van der Waals surface area contributed by atoms with Crippen molar-refractivity contribution in [3.63, 3.8) is 0 Å². The molecule has 0 aromatic rings. The first kappa shape index (κ1) is 54.7. The van der Waals surface area contributed by atoms with Crippen LogP contribution in [0.4, 0.5) is 0 Å². The zero-order chi connectivity index (χ0) is 12.0. The number of rotatable bonds is 0. The largest absolute Gasteiger partial charge is 3.00 e. The predicted octanol–water partition coefficient (Wildman–Crippen LogP) is -3.76. The molecule has 0 aliphatic heterocycles. The second kappa shape index (κ2) is 502. The van der Waals surface area contributed by atoms with Crippen LogP contribution in [0.1, 0.15) is 0 Å². The standard InChI is InChI=1S/2Al.6ClO/c;;6*1-2/q2*+3;6*-1. The summed E-state index contributed by atoms with van der Waals surface area (Å²) in [5.41, 5.74) is 0. The first-order valence-corrected chi connectivity index (χ1v) is 2.78. The molecule has 0 rings (SSSR count). The van der Waals surface area contributed by atoms with E-state index in [0.717, 1.165) is 0 Å². The van der Waals surface area contributed by atoms with Gasteiger partial charge in [-0.05, 0) is 0 Å². The molecule has 0 aromatic heterocycles. The molecular weight excluding hydrogens is 363 g/mol. The molecule has 0 aliphatic rings. The van der Waals surface area contributed by atoms with Crippen LogP contribution < -0.4 is 28.0 Å². The maximum Gasteiger partial charge on any atom is 3.00 e. The van der Waals surface area contributed by atoms with Crippen molar-refractivity contribution in [2.24, 2.45) is 0 Å². The molecule has 0 atom stereocenters. The quantitative estimate of drug-likeness (QED) is 0.406. The van der Waals surface area contributed by atoms with Gasteiger partial charge in [-0.15, -0.1) is 0 Å². The summed E-state index contributed by atoms with van der Waals surface area (Å²) in [6.45, 7) is 0. The molecule has 0 fully saturated rings. The van der Waals surface area contributed by atoms with Gasteiger partial charge in [-0.3, -0.25) is 0 Å². The van der Waals surface area contributed by atoms with Crippen molar-refractivity contribution in [3.05, 3.63) is 0 Å². The molecule has 0 bridgehead atoms. The van der Waals surface area contributed by atoms with Gasteiger partial charge in [0.2, 0.25) is 0 Å². The molecule has 0 N–H and O–H groups in total. The molecule has 0 radical (unpaired) electrons. The molecule has 0 saturated heterocycles. The Hall–Kier alpha value is 2.56. The molecule has 14 heteroatoms. The topological polar surface area (TPSA) is 138 Å². The Bertz CT molecular complexity index is 20.3. The van der Waals surface area contributed by atoms with Crippen molar-refractivity contribution in [3.8, 4) is 0 Å². The van der Waals surface area contributed by atoms with Gasteiger partial charge in [0.25, 0.3) is 0 Å². The second-order valence-corrected chi connectivity index (χ2v) is 0. The fourth-order valence-corrected chi connectivity index (χ4v) is 0. The van der Waals surface area contributed by atoms with Crippen molar-refractivity contribution in [2.45, 2.75) is 0 Å². The minimum Gasteiger partial charge on any atom is -0.769 e. The monoisotopic (exact) mass is 360 g/mol. The van der Waals surface area contributed by atoms with Crippen LogP contribution in [0.15, 0.2) is 0 Å². The van der Waals surface area contributed by atoms with E-state index in [1.54, 1.807) is 0 Å². The van der Waals surface area contributed by atoms with E-state index in [9.17, 15) is 0 Å². The summed E-state index contributed by atoms with van der Waals surface area (Å²) < 4.78 is 46.3. The molecule has 0 spiro atoms. The van der Waals surface area contributed by atoms with Crippen LogP contribution in [0, 0.1) is 0 Å². The SMILES string of the molecule is [Al+3].[Al+3].[O-]Cl.[O-]Cl.[O-]Cl.[O-]Cl.[O-]Cl.[O-]Cl. The molecular formula is Al2Cl6O6. The van der Waals surface area contributed by atoms with Gasteiger partial charge >= 0.3 is 34.7 Å². The molecule has 0 heterocycles. The van der Waals surface area contributed by atoms with Crippen LogP contribution >= 0.6 is 71.2 Å². The third kappa shape index (κ3) is 407. The van der Waals surface area contributed by atoms with Gasteiger partial charge in [0.1, 0.15) is 0 Å². The van der Waals surface area contributed by atoms with Crippen molar-refractivity contribution >= 4 is 106 Å². The third-order valence-corrected chi connectivity index (χ3v) is 0. The van der Waals surface area contributed by atoms with E-state index < -0.39 is 0 Å². The van der Waals surface area contributed by atoms with Crippen LogP contribution in [0.3, 0.4) is 0 Å². The van der Waals surface area contributed by atoms with Gasteiger partial charge < -0.3 is 28.0 Å². The van der Waals surface area contributed by atoms with Crippen LogP contribution in [-0.4, -0.2) is 34.7 Å². The Kier molecular flexibility index (Phi) is 1960. The number of hydrogen-bond acceptors (Lipinski definition) is 6. The van der Waals surface area contributed by atoms with E-state index in [4.69, 9.17) is 28.0 Å². The molecule has 0 amide bonds. The van der Waals surface area contributed by atoms with Crippen molar-refractivity contribution in [1.29, 1.82) is 0 Å². The predicted molar refractivity (Wildman–Crippen MR) is 46.6 cm³/mol. The van der Waals surface area contributed by atoms with E-state index in [1.165, 1.54) is 0 Å². The normalized spacial score (nSPS) is 2.57. The minimum absolute atomic E-state index is 0. The summed E-state index contributed by atoms with van der Waals surface area (Å²) in [6, 6.07) is 0. The molecule has 0 aromatic carbocycles. The van der Waals surface area contributed by atoms with Gasteiger partial charge in [0.05, 0.1) is 0 Å². The molecule has 0 unspecified atom stereocenters. The minimum atomic E-state index is 0. The van der Waals surface area contributed by atoms with E-state index in [1.807, 2.05) is 0 Å². The van der Waals surface area contributed by atoms with Gasteiger partial charge in [-0.2, -0.15) is 0 Å². The fourth-order valence-electron chi connectivity index (χ4n) is 0.